The van der Waals surface area contributed by atoms with E-state index in [1.165, 1.54) is 16.8 Å². The van der Waals surface area contributed by atoms with E-state index in [-0.39, 0.29) is 0 Å². The molecule has 5 heteroatoms. The van der Waals surface area contributed by atoms with Crippen LogP contribution in [0.3, 0.4) is 0 Å². The molecule has 2 N–H and O–H groups in total. The van der Waals surface area contributed by atoms with Crippen molar-refractivity contribution in [1.82, 2.24) is 10.2 Å². The Labute approximate surface area is 138 Å². The number of carboxylic acid groups (broad SMARTS) is 1. The molecule has 0 bridgehead atoms. The van der Waals surface area contributed by atoms with E-state index in [9.17, 15) is 9.90 Å². The number of hydrogen-bond donors (Lipinski definition) is 2. The number of nitrogens with zero attached hydrogens (tertiary/aromatic N) is 2. The van der Waals surface area contributed by atoms with E-state index in [0.29, 0.717) is 12.6 Å². The number of benzene rings is 1. The van der Waals surface area contributed by atoms with Gasteiger partial charge in [0.1, 0.15) is 6.04 Å². The smallest absolute Gasteiger partial charge is 0.322 e. The van der Waals surface area contributed by atoms with Crippen LogP contribution in [0.15, 0.2) is 18.2 Å². The van der Waals surface area contributed by atoms with Crippen LogP contribution in [0.5, 0.6) is 0 Å². The number of piperidine rings is 1. The molecule has 2 aliphatic heterocycles. The lowest BCUT2D eigenvalue weighted by atomic mass is 9.99. The molecule has 0 saturated carbocycles. The maximum atomic E-state index is 11.2. The van der Waals surface area contributed by atoms with Crippen LogP contribution in [0, 0.1) is 13.8 Å². The molecule has 1 aromatic rings. The molecule has 1 atom stereocenters. The van der Waals surface area contributed by atoms with Crippen molar-refractivity contribution in [3.05, 3.63) is 29.3 Å². The number of anilines is 1. The molecule has 1 unspecified atom stereocenters. The zero-order valence-corrected chi connectivity index (χ0v) is 14.1. The summed E-state index contributed by atoms with van der Waals surface area (Å²) in [7, 11) is 0. The van der Waals surface area contributed by atoms with Gasteiger partial charge in [-0.15, -0.1) is 0 Å². The van der Waals surface area contributed by atoms with Crippen molar-refractivity contribution < 1.29 is 9.90 Å². The Bertz CT molecular complexity index is 567. The fraction of sp³-hybridized carbons (Fsp3) is 0.611. The van der Waals surface area contributed by atoms with Crippen molar-refractivity contribution in [3.63, 3.8) is 0 Å². The van der Waals surface area contributed by atoms with Crippen LogP contribution in [-0.2, 0) is 4.79 Å². The Morgan fingerprint density at radius 1 is 1.22 bits per heavy atom. The van der Waals surface area contributed by atoms with Crippen LogP contribution in [-0.4, -0.2) is 60.8 Å². The molecule has 0 aromatic heterocycles. The molecule has 5 nitrogen and oxygen atoms in total. The van der Waals surface area contributed by atoms with E-state index in [4.69, 9.17) is 0 Å². The summed E-state index contributed by atoms with van der Waals surface area (Å²) < 4.78 is 0. The summed E-state index contributed by atoms with van der Waals surface area (Å²) in [5, 5.41) is 12.3. The second kappa shape index (κ2) is 6.89. The number of carboxylic acids is 1. The predicted octanol–water partition coefficient (Wildman–Crippen LogP) is 1.63. The summed E-state index contributed by atoms with van der Waals surface area (Å²) in [6, 6.07) is 6.62. The van der Waals surface area contributed by atoms with Gasteiger partial charge in [-0.2, -0.15) is 0 Å². The summed E-state index contributed by atoms with van der Waals surface area (Å²) in [6.07, 6.45) is 2.22. The zero-order chi connectivity index (χ0) is 16.4. The highest BCUT2D eigenvalue weighted by atomic mass is 16.4. The first-order valence-corrected chi connectivity index (χ1v) is 8.57. The SMILES string of the molecule is Cc1cccc(N2CCC(N3CCNC(C(=O)O)C3)CC2)c1C. The minimum absolute atomic E-state index is 0.416. The quantitative estimate of drug-likeness (QED) is 0.887. The Kier molecular flexibility index (Phi) is 4.87. The summed E-state index contributed by atoms with van der Waals surface area (Å²) in [5.74, 6) is -0.734. The fourth-order valence-electron chi connectivity index (χ4n) is 3.82. The molecule has 0 spiro atoms. The molecule has 23 heavy (non-hydrogen) atoms. The molecule has 126 valence electrons. The predicted molar refractivity (Wildman–Crippen MR) is 92.2 cm³/mol. The molecule has 2 aliphatic rings. The molecular weight excluding hydrogens is 290 g/mol. The van der Waals surface area contributed by atoms with Crippen molar-refractivity contribution in [2.75, 3.05) is 37.6 Å². The van der Waals surface area contributed by atoms with E-state index in [1.54, 1.807) is 0 Å². The monoisotopic (exact) mass is 317 g/mol. The standard InChI is InChI=1S/C18H27N3O2/c1-13-4-3-5-17(14(13)2)20-9-6-15(7-10-20)21-11-8-19-16(12-21)18(22)23/h3-5,15-16,19H,6-12H2,1-2H3,(H,22,23). The molecule has 0 aliphatic carbocycles. The number of hydrogen-bond acceptors (Lipinski definition) is 4. The van der Waals surface area contributed by atoms with E-state index in [0.717, 1.165) is 39.0 Å². The molecule has 2 heterocycles. The average molecular weight is 317 g/mol. The molecule has 0 amide bonds. The van der Waals surface area contributed by atoms with Crippen LogP contribution >= 0.6 is 0 Å². The highest BCUT2D eigenvalue weighted by Gasteiger charge is 2.31. The number of nitrogens with one attached hydrogen (secondary N) is 1. The zero-order valence-electron chi connectivity index (χ0n) is 14.1. The Morgan fingerprint density at radius 2 is 1.96 bits per heavy atom. The highest BCUT2D eigenvalue weighted by molar-refractivity contribution is 5.73. The third kappa shape index (κ3) is 3.51. The Hall–Kier alpha value is -1.59. The second-order valence-electron chi connectivity index (χ2n) is 6.78. The number of carbonyl (C=O) groups is 1. The topological polar surface area (TPSA) is 55.8 Å². The maximum absolute atomic E-state index is 11.2. The summed E-state index contributed by atoms with van der Waals surface area (Å²) in [4.78, 5) is 16.0. The van der Waals surface area contributed by atoms with Crippen molar-refractivity contribution in [1.29, 1.82) is 0 Å². The maximum Gasteiger partial charge on any atom is 0.322 e. The lowest BCUT2D eigenvalue weighted by molar-refractivity contribution is -0.141. The van der Waals surface area contributed by atoms with E-state index >= 15 is 0 Å². The fourth-order valence-corrected chi connectivity index (χ4v) is 3.82. The van der Waals surface area contributed by atoms with Gasteiger partial charge in [0.05, 0.1) is 0 Å². The van der Waals surface area contributed by atoms with E-state index in [1.807, 2.05) is 0 Å². The van der Waals surface area contributed by atoms with Crippen LogP contribution in [0.2, 0.25) is 0 Å². The van der Waals surface area contributed by atoms with Crippen LogP contribution in [0.25, 0.3) is 0 Å². The first-order chi connectivity index (χ1) is 11.1. The van der Waals surface area contributed by atoms with Crippen molar-refractivity contribution in [3.8, 4) is 0 Å². The Balaban J connectivity index is 1.60. The molecule has 1 aromatic carbocycles. The second-order valence-corrected chi connectivity index (χ2v) is 6.78. The van der Waals surface area contributed by atoms with Gasteiger partial charge in [-0.1, -0.05) is 12.1 Å². The third-order valence-electron chi connectivity index (χ3n) is 5.40. The van der Waals surface area contributed by atoms with Crippen molar-refractivity contribution in [2.45, 2.75) is 38.8 Å². The number of aryl methyl sites for hydroxylation is 1. The first-order valence-electron chi connectivity index (χ1n) is 8.57. The van der Waals surface area contributed by atoms with Gasteiger partial charge in [0, 0.05) is 44.5 Å². The average Bonchev–Trinajstić information content (AvgIpc) is 2.58. The first kappa shape index (κ1) is 16.3. The highest BCUT2D eigenvalue weighted by Crippen LogP contribution is 2.27. The minimum Gasteiger partial charge on any atom is -0.480 e. The van der Waals surface area contributed by atoms with Gasteiger partial charge in [0.2, 0.25) is 0 Å². The Morgan fingerprint density at radius 3 is 2.65 bits per heavy atom. The molecule has 2 saturated heterocycles. The number of piperazine rings is 1. The summed E-state index contributed by atoms with van der Waals surface area (Å²) >= 11 is 0. The van der Waals surface area contributed by atoms with Crippen LogP contribution in [0.4, 0.5) is 5.69 Å². The van der Waals surface area contributed by atoms with Gasteiger partial charge in [-0.3, -0.25) is 9.69 Å². The largest absolute Gasteiger partial charge is 0.480 e. The third-order valence-corrected chi connectivity index (χ3v) is 5.40. The van der Waals surface area contributed by atoms with Gasteiger partial charge in [0.15, 0.2) is 0 Å². The number of rotatable bonds is 3. The van der Waals surface area contributed by atoms with Crippen LogP contribution in [0.1, 0.15) is 24.0 Å². The van der Waals surface area contributed by atoms with Gasteiger partial charge < -0.3 is 15.3 Å². The van der Waals surface area contributed by atoms with Gasteiger partial charge >= 0.3 is 5.97 Å². The van der Waals surface area contributed by atoms with Gasteiger partial charge in [-0.25, -0.2) is 0 Å². The lowest BCUT2D eigenvalue weighted by Gasteiger charge is -2.42. The molecule has 2 fully saturated rings. The van der Waals surface area contributed by atoms with Gasteiger partial charge in [-0.05, 0) is 43.9 Å². The van der Waals surface area contributed by atoms with Gasteiger partial charge in [0.25, 0.3) is 0 Å². The summed E-state index contributed by atoms with van der Waals surface area (Å²) in [5.41, 5.74) is 4.07. The molecule has 0 radical (unpaired) electrons. The van der Waals surface area contributed by atoms with Crippen molar-refractivity contribution >= 4 is 11.7 Å². The van der Waals surface area contributed by atoms with E-state index < -0.39 is 12.0 Å². The molecule has 3 rings (SSSR count). The van der Waals surface area contributed by atoms with E-state index in [2.05, 4.69) is 47.2 Å². The normalized spacial score (nSPS) is 23.9. The summed E-state index contributed by atoms with van der Waals surface area (Å²) in [6.45, 7) is 8.83. The molecular formula is C18H27N3O2. The minimum atomic E-state index is -0.734. The lowest BCUT2D eigenvalue weighted by Crippen LogP contribution is -2.58. The number of aliphatic carboxylic acids is 1. The van der Waals surface area contributed by atoms with Crippen molar-refractivity contribution in [2.24, 2.45) is 0 Å². The van der Waals surface area contributed by atoms with Crippen LogP contribution < -0.4 is 10.2 Å².